The summed E-state index contributed by atoms with van der Waals surface area (Å²) in [7, 11) is 1.70. The highest BCUT2D eigenvalue weighted by molar-refractivity contribution is 5.95. The Kier molecular flexibility index (Phi) is 5.73. The van der Waals surface area contributed by atoms with Crippen molar-refractivity contribution in [3.05, 3.63) is 23.6 Å². The minimum Gasteiger partial charge on any atom is -0.368 e. The maximum atomic E-state index is 14.1. The van der Waals surface area contributed by atoms with Gasteiger partial charge in [-0.15, -0.1) is 0 Å². The van der Waals surface area contributed by atoms with Gasteiger partial charge in [-0.3, -0.25) is 4.79 Å². The molecule has 0 saturated carbocycles. The summed E-state index contributed by atoms with van der Waals surface area (Å²) in [6, 6.07) is 1.51. The van der Waals surface area contributed by atoms with Gasteiger partial charge in [0.25, 0.3) is 5.91 Å². The number of amides is 1. The topological polar surface area (TPSA) is 45.2 Å². The molecule has 0 radical (unpaired) electrons. The van der Waals surface area contributed by atoms with Crippen LogP contribution in [-0.4, -0.2) is 35.4 Å². The van der Waals surface area contributed by atoms with Crippen LogP contribution in [0.25, 0.3) is 0 Å². The van der Waals surface area contributed by atoms with Crippen LogP contribution in [0.15, 0.2) is 12.3 Å². The number of nitrogens with one attached hydrogen (secondary N) is 1. The molecule has 0 bridgehead atoms. The third-order valence-electron chi connectivity index (χ3n) is 3.15. The van der Waals surface area contributed by atoms with E-state index in [9.17, 15) is 9.18 Å². The lowest BCUT2D eigenvalue weighted by Gasteiger charge is -2.25. The third kappa shape index (κ3) is 3.66. The van der Waals surface area contributed by atoms with Crippen molar-refractivity contribution in [2.75, 3.05) is 18.9 Å². The highest BCUT2D eigenvalue weighted by atomic mass is 19.1. The second-order valence-electron chi connectivity index (χ2n) is 4.61. The summed E-state index contributed by atoms with van der Waals surface area (Å²) >= 11 is 0. The number of halogens is 1. The fourth-order valence-corrected chi connectivity index (χ4v) is 1.90. The zero-order chi connectivity index (χ0) is 14.4. The molecule has 0 aliphatic carbocycles. The lowest BCUT2D eigenvalue weighted by molar-refractivity contribution is 0.0732. The number of rotatable bonds is 6. The van der Waals surface area contributed by atoms with Crippen molar-refractivity contribution in [3.63, 3.8) is 0 Å². The van der Waals surface area contributed by atoms with Gasteiger partial charge in [0.15, 0.2) is 11.6 Å². The maximum Gasteiger partial charge on any atom is 0.257 e. The minimum atomic E-state index is -0.579. The van der Waals surface area contributed by atoms with Crippen LogP contribution in [0.2, 0.25) is 0 Å². The summed E-state index contributed by atoms with van der Waals surface area (Å²) in [5.41, 5.74) is 0.0661. The Balaban J connectivity index is 2.96. The molecule has 1 rings (SSSR count). The number of hydrogen-bond acceptors (Lipinski definition) is 3. The Hall–Kier alpha value is -1.65. The van der Waals surface area contributed by atoms with E-state index in [2.05, 4.69) is 17.2 Å². The normalized spacial score (nSPS) is 12.1. The van der Waals surface area contributed by atoms with Gasteiger partial charge in [-0.1, -0.05) is 13.3 Å². The average Bonchev–Trinajstić information content (AvgIpc) is 2.40. The highest BCUT2D eigenvalue weighted by Crippen LogP contribution is 2.18. The van der Waals surface area contributed by atoms with Crippen molar-refractivity contribution in [2.45, 2.75) is 39.7 Å². The van der Waals surface area contributed by atoms with Gasteiger partial charge in [-0.2, -0.15) is 0 Å². The molecule has 106 valence electrons. The third-order valence-corrected chi connectivity index (χ3v) is 3.15. The summed E-state index contributed by atoms with van der Waals surface area (Å²) in [5, 5.41) is 2.81. The van der Waals surface area contributed by atoms with E-state index >= 15 is 0 Å². The van der Waals surface area contributed by atoms with Crippen molar-refractivity contribution in [3.8, 4) is 0 Å². The molecule has 0 fully saturated rings. The predicted octanol–water partition coefficient (Wildman–Crippen LogP) is 2.91. The minimum absolute atomic E-state index is 0.0661. The van der Waals surface area contributed by atoms with Gasteiger partial charge in [0.2, 0.25) is 0 Å². The van der Waals surface area contributed by atoms with Gasteiger partial charge in [-0.05, 0) is 26.3 Å². The molecule has 1 unspecified atom stereocenters. The van der Waals surface area contributed by atoms with Crippen LogP contribution in [0.4, 0.5) is 10.2 Å². The van der Waals surface area contributed by atoms with Gasteiger partial charge in [0.05, 0.1) is 5.56 Å². The van der Waals surface area contributed by atoms with Gasteiger partial charge >= 0.3 is 0 Å². The summed E-state index contributed by atoms with van der Waals surface area (Å²) in [6.07, 6.45) is 3.34. The van der Waals surface area contributed by atoms with Crippen molar-refractivity contribution < 1.29 is 9.18 Å². The quantitative estimate of drug-likeness (QED) is 0.862. The smallest absolute Gasteiger partial charge is 0.257 e. The number of nitrogens with zero attached hydrogens (tertiary/aromatic N) is 2. The van der Waals surface area contributed by atoms with E-state index < -0.39 is 5.82 Å². The molecule has 1 heterocycles. The second-order valence-corrected chi connectivity index (χ2v) is 4.61. The number of aromatic nitrogens is 1. The molecule has 1 amide bonds. The van der Waals surface area contributed by atoms with Crippen LogP contribution in [-0.2, 0) is 0 Å². The fraction of sp³-hybridized carbons (Fsp3) is 0.571. The Morgan fingerprint density at radius 2 is 2.21 bits per heavy atom. The number of pyridine rings is 1. The zero-order valence-corrected chi connectivity index (χ0v) is 12.0. The molecule has 0 saturated heterocycles. The molecule has 0 aromatic carbocycles. The van der Waals surface area contributed by atoms with Crippen LogP contribution in [0.1, 0.15) is 44.0 Å². The van der Waals surface area contributed by atoms with Crippen molar-refractivity contribution in [2.24, 2.45) is 0 Å². The van der Waals surface area contributed by atoms with Gasteiger partial charge in [0.1, 0.15) is 0 Å². The summed E-state index contributed by atoms with van der Waals surface area (Å²) in [4.78, 5) is 17.7. The molecule has 0 aliphatic heterocycles. The summed E-state index contributed by atoms with van der Waals surface area (Å²) < 4.78 is 14.1. The van der Waals surface area contributed by atoms with E-state index in [4.69, 9.17) is 0 Å². The molecular formula is C14H22FN3O. The Labute approximate surface area is 114 Å². The van der Waals surface area contributed by atoms with E-state index in [1.54, 1.807) is 11.9 Å². The SMILES string of the molecule is CCCC(C)N(C)C(=O)c1ccnc(NCC)c1F. The van der Waals surface area contributed by atoms with Gasteiger partial charge in [-0.25, -0.2) is 9.37 Å². The predicted molar refractivity (Wildman–Crippen MR) is 74.8 cm³/mol. The lowest BCUT2D eigenvalue weighted by Crippen LogP contribution is -2.35. The molecular weight excluding hydrogens is 245 g/mol. The molecule has 1 atom stereocenters. The monoisotopic (exact) mass is 267 g/mol. The van der Waals surface area contributed by atoms with E-state index in [0.29, 0.717) is 6.54 Å². The van der Waals surface area contributed by atoms with Crippen molar-refractivity contribution in [1.82, 2.24) is 9.88 Å². The van der Waals surface area contributed by atoms with Crippen LogP contribution >= 0.6 is 0 Å². The van der Waals surface area contributed by atoms with Crippen LogP contribution < -0.4 is 5.32 Å². The van der Waals surface area contributed by atoms with E-state index in [-0.39, 0.29) is 23.3 Å². The zero-order valence-electron chi connectivity index (χ0n) is 12.0. The number of carbonyl (C=O) groups excluding carboxylic acids is 1. The van der Waals surface area contributed by atoms with Gasteiger partial charge in [0, 0.05) is 25.8 Å². The first-order valence-corrected chi connectivity index (χ1v) is 6.68. The Morgan fingerprint density at radius 3 is 2.79 bits per heavy atom. The first-order valence-electron chi connectivity index (χ1n) is 6.68. The van der Waals surface area contributed by atoms with Crippen LogP contribution in [0.3, 0.4) is 0 Å². The summed E-state index contributed by atoms with van der Waals surface area (Å²) in [5.74, 6) is -0.755. The molecule has 0 spiro atoms. The number of hydrogen-bond donors (Lipinski definition) is 1. The Morgan fingerprint density at radius 1 is 1.53 bits per heavy atom. The van der Waals surface area contributed by atoms with Gasteiger partial charge < -0.3 is 10.2 Å². The van der Waals surface area contributed by atoms with E-state index in [1.807, 2.05) is 13.8 Å². The average molecular weight is 267 g/mol. The molecule has 1 aromatic heterocycles. The van der Waals surface area contributed by atoms with Crippen LogP contribution in [0, 0.1) is 5.82 Å². The lowest BCUT2D eigenvalue weighted by atomic mass is 10.1. The van der Waals surface area contributed by atoms with Crippen molar-refractivity contribution in [1.29, 1.82) is 0 Å². The molecule has 19 heavy (non-hydrogen) atoms. The summed E-state index contributed by atoms with van der Waals surface area (Å²) in [6.45, 7) is 6.44. The number of carbonyl (C=O) groups is 1. The first-order chi connectivity index (χ1) is 9.02. The standard InChI is InChI=1S/C14H22FN3O/c1-5-7-10(3)18(4)14(19)11-8-9-17-13(12(11)15)16-6-2/h8-10H,5-7H2,1-4H3,(H,16,17). The van der Waals surface area contributed by atoms with E-state index in [1.165, 1.54) is 12.3 Å². The molecule has 0 aliphatic rings. The van der Waals surface area contributed by atoms with E-state index in [0.717, 1.165) is 12.8 Å². The Bertz CT molecular complexity index is 437. The fourth-order valence-electron chi connectivity index (χ4n) is 1.90. The van der Waals surface area contributed by atoms with Crippen molar-refractivity contribution >= 4 is 11.7 Å². The first kappa shape index (κ1) is 15.4. The second kappa shape index (κ2) is 7.07. The number of anilines is 1. The molecule has 1 aromatic rings. The molecule has 5 heteroatoms. The molecule has 4 nitrogen and oxygen atoms in total. The highest BCUT2D eigenvalue weighted by Gasteiger charge is 2.21. The largest absolute Gasteiger partial charge is 0.368 e. The maximum absolute atomic E-state index is 14.1. The molecule has 1 N–H and O–H groups in total. The van der Waals surface area contributed by atoms with Crippen LogP contribution in [0.5, 0.6) is 0 Å².